The van der Waals surface area contributed by atoms with Gasteiger partial charge in [-0.05, 0) is 42.5 Å². The molecule has 0 aliphatic carbocycles. The summed E-state index contributed by atoms with van der Waals surface area (Å²) in [6, 6.07) is 6.31. The standard InChI is InChI=1S/C26H37N3O5/c1-25(2,3)17-22(30)27-15-11-26(12-16-27)29(23(31)19-7-9-20(33-4)10-8-19)21(18-34-26)24(32)28-13-5-6-14-28/h7-10,21H,5-6,11-18H2,1-4H3. The van der Waals surface area contributed by atoms with Gasteiger partial charge in [-0.1, -0.05) is 20.8 Å². The van der Waals surface area contributed by atoms with Gasteiger partial charge in [0.15, 0.2) is 0 Å². The second-order valence-corrected chi connectivity index (χ2v) is 10.8. The van der Waals surface area contributed by atoms with Crippen LogP contribution in [0.2, 0.25) is 0 Å². The average molecular weight is 472 g/mol. The zero-order chi connectivity index (χ0) is 24.5. The lowest BCUT2D eigenvalue weighted by Gasteiger charge is -2.45. The lowest BCUT2D eigenvalue weighted by atomic mass is 9.90. The quantitative estimate of drug-likeness (QED) is 0.675. The Morgan fingerprint density at radius 1 is 1.00 bits per heavy atom. The van der Waals surface area contributed by atoms with E-state index in [9.17, 15) is 14.4 Å². The molecule has 3 fully saturated rings. The van der Waals surface area contributed by atoms with Gasteiger partial charge in [0.1, 0.15) is 17.5 Å². The van der Waals surface area contributed by atoms with E-state index in [1.54, 1.807) is 36.3 Å². The zero-order valence-corrected chi connectivity index (χ0v) is 20.8. The molecule has 3 heterocycles. The Hall–Kier alpha value is -2.61. The molecule has 0 N–H and O–H groups in total. The number of piperidine rings is 1. The van der Waals surface area contributed by atoms with Crippen molar-refractivity contribution in [3.8, 4) is 5.75 Å². The highest BCUT2D eigenvalue weighted by molar-refractivity contribution is 5.98. The minimum atomic E-state index is -0.879. The van der Waals surface area contributed by atoms with E-state index in [1.165, 1.54) is 0 Å². The van der Waals surface area contributed by atoms with Gasteiger partial charge in [-0.3, -0.25) is 19.3 Å². The molecule has 0 bridgehead atoms. The molecule has 0 aromatic heterocycles. The van der Waals surface area contributed by atoms with Crippen LogP contribution in [0.3, 0.4) is 0 Å². The van der Waals surface area contributed by atoms with Crippen molar-refractivity contribution in [2.75, 3.05) is 39.9 Å². The van der Waals surface area contributed by atoms with E-state index in [1.807, 2.05) is 9.80 Å². The SMILES string of the molecule is COc1ccc(C(=O)N2C(C(=O)N3CCCC3)COC23CCN(C(=O)CC(C)(C)C)CC3)cc1. The van der Waals surface area contributed by atoms with E-state index >= 15 is 0 Å². The summed E-state index contributed by atoms with van der Waals surface area (Å²) in [5.41, 5.74) is -0.467. The van der Waals surface area contributed by atoms with Crippen LogP contribution in [0.25, 0.3) is 0 Å². The molecule has 186 valence electrons. The van der Waals surface area contributed by atoms with E-state index in [2.05, 4.69) is 20.8 Å². The molecule has 0 saturated carbocycles. The Bertz CT molecular complexity index is 909. The molecule has 0 radical (unpaired) electrons. The Morgan fingerprint density at radius 3 is 2.18 bits per heavy atom. The van der Waals surface area contributed by atoms with Crippen LogP contribution < -0.4 is 4.74 Å². The maximum absolute atomic E-state index is 13.8. The zero-order valence-electron chi connectivity index (χ0n) is 20.8. The van der Waals surface area contributed by atoms with Gasteiger partial charge in [-0.2, -0.15) is 0 Å². The van der Waals surface area contributed by atoms with Crippen molar-refractivity contribution in [3.05, 3.63) is 29.8 Å². The third kappa shape index (κ3) is 4.92. The molecule has 34 heavy (non-hydrogen) atoms. The van der Waals surface area contributed by atoms with E-state index in [-0.39, 0.29) is 29.7 Å². The monoisotopic (exact) mass is 471 g/mol. The number of hydrogen-bond acceptors (Lipinski definition) is 5. The summed E-state index contributed by atoms with van der Waals surface area (Å²) in [7, 11) is 1.58. The van der Waals surface area contributed by atoms with E-state index < -0.39 is 11.8 Å². The fraction of sp³-hybridized carbons (Fsp3) is 0.654. The third-order valence-corrected chi connectivity index (χ3v) is 7.10. The Balaban J connectivity index is 1.57. The molecule has 1 atom stereocenters. The second kappa shape index (κ2) is 9.56. The number of ether oxygens (including phenoxy) is 2. The van der Waals surface area contributed by atoms with Crippen LogP contribution >= 0.6 is 0 Å². The predicted octanol–water partition coefficient (Wildman–Crippen LogP) is 2.91. The van der Waals surface area contributed by atoms with Gasteiger partial charge in [-0.15, -0.1) is 0 Å². The highest BCUT2D eigenvalue weighted by Gasteiger charge is 2.55. The lowest BCUT2D eigenvalue weighted by molar-refractivity contribution is -0.146. The maximum atomic E-state index is 13.8. The molecule has 3 saturated heterocycles. The molecule has 3 aliphatic rings. The maximum Gasteiger partial charge on any atom is 0.256 e. The van der Waals surface area contributed by atoms with Crippen LogP contribution in [0.15, 0.2) is 24.3 Å². The number of methoxy groups -OCH3 is 1. The number of carbonyl (C=O) groups excluding carboxylic acids is 3. The van der Waals surface area contributed by atoms with Crippen molar-refractivity contribution >= 4 is 17.7 Å². The number of amides is 3. The number of nitrogens with zero attached hydrogens (tertiary/aromatic N) is 3. The first kappa shape index (κ1) is 24.5. The highest BCUT2D eigenvalue weighted by Crippen LogP contribution is 2.39. The topological polar surface area (TPSA) is 79.4 Å². The molecule has 1 spiro atoms. The number of carbonyl (C=O) groups is 3. The summed E-state index contributed by atoms with van der Waals surface area (Å²) >= 11 is 0. The van der Waals surface area contributed by atoms with Crippen molar-refractivity contribution < 1.29 is 23.9 Å². The Kier molecular flexibility index (Phi) is 6.90. The number of hydrogen-bond donors (Lipinski definition) is 0. The van der Waals surface area contributed by atoms with Crippen LogP contribution in [0.5, 0.6) is 5.75 Å². The van der Waals surface area contributed by atoms with Gasteiger partial charge in [0.05, 0.1) is 13.7 Å². The van der Waals surface area contributed by atoms with Crippen molar-refractivity contribution in [2.45, 2.75) is 64.6 Å². The normalized spacial score (nSPS) is 22.4. The van der Waals surface area contributed by atoms with E-state index in [0.29, 0.717) is 43.7 Å². The Labute approximate surface area is 202 Å². The minimum Gasteiger partial charge on any atom is -0.497 e. The van der Waals surface area contributed by atoms with Crippen LogP contribution in [-0.4, -0.2) is 84.1 Å². The molecule has 4 rings (SSSR count). The molecular formula is C26H37N3O5. The van der Waals surface area contributed by atoms with Crippen LogP contribution in [-0.2, 0) is 14.3 Å². The first-order valence-electron chi connectivity index (χ1n) is 12.3. The molecule has 3 aliphatic heterocycles. The van der Waals surface area contributed by atoms with Gasteiger partial charge >= 0.3 is 0 Å². The van der Waals surface area contributed by atoms with E-state index in [4.69, 9.17) is 9.47 Å². The fourth-order valence-electron chi connectivity index (χ4n) is 5.25. The minimum absolute atomic E-state index is 0.0394. The number of benzene rings is 1. The van der Waals surface area contributed by atoms with Crippen molar-refractivity contribution in [3.63, 3.8) is 0 Å². The second-order valence-electron chi connectivity index (χ2n) is 10.8. The van der Waals surface area contributed by atoms with E-state index in [0.717, 1.165) is 25.9 Å². The van der Waals surface area contributed by atoms with Gasteiger partial charge in [0.2, 0.25) is 11.8 Å². The third-order valence-electron chi connectivity index (χ3n) is 7.10. The molecule has 8 nitrogen and oxygen atoms in total. The van der Waals surface area contributed by atoms with Crippen LogP contribution in [0, 0.1) is 5.41 Å². The molecular weight excluding hydrogens is 434 g/mol. The number of rotatable bonds is 4. The summed E-state index contributed by atoms with van der Waals surface area (Å²) in [5, 5.41) is 0. The van der Waals surface area contributed by atoms with Gasteiger partial charge in [-0.25, -0.2) is 0 Å². The molecule has 3 amide bonds. The molecule has 1 unspecified atom stereocenters. The van der Waals surface area contributed by atoms with Crippen LogP contribution in [0.4, 0.5) is 0 Å². The first-order chi connectivity index (χ1) is 16.1. The summed E-state index contributed by atoms with van der Waals surface area (Å²) in [6.07, 6.45) is 3.44. The lowest BCUT2D eigenvalue weighted by Crippen LogP contribution is -2.60. The van der Waals surface area contributed by atoms with Gasteiger partial charge < -0.3 is 19.3 Å². The number of likely N-dealkylation sites (tertiary alicyclic amines) is 2. The largest absolute Gasteiger partial charge is 0.497 e. The molecule has 1 aromatic rings. The van der Waals surface area contributed by atoms with Gasteiger partial charge in [0, 0.05) is 51.0 Å². The van der Waals surface area contributed by atoms with Crippen molar-refractivity contribution in [2.24, 2.45) is 5.41 Å². The molecule has 1 aromatic carbocycles. The summed E-state index contributed by atoms with van der Waals surface area (Å²) < 4.78 is 11.5. The summed E-state index contributed by atoms with van der Waals surface area (Å²) in [6.45, 7) is 8.82. The highest BCUT2D eigenvalue weighted by atomic mass is 16.5. The smallest absolute Gasteiger partial charge is 0.256 e. The first-order valence-corrected chi connectivity index (χ1v) is 12.3. The fourth-order valence-corrected chi connectivity index (χ4v) is 5.25. The van der Waals surface area contributed by atoms with Crippen molar-refractivity contribution in [1.29, 1.82) is 0 Å². The molecule has 8 heteroatoms. The summed E-state index contributed by atoms with van der Waals surface area (Å²) in [4.78, 5) is 45.4. The predicted molar refractivity (Wildman–Crippen MR) is 127 cm³/mol. The summed E-state index contributed by atoms with van der Waals surface area (Å²) in [5.74, 6) is 0.534. The average Bonchev–Trinajstić information content (AvgIpc) is 3.46. The van der Waals surface area contributed by atoms with Crippen LogP contribution in [0.1, 0.15) is 63.2 Å². The Morgan fingerprint density at radius 2 is 1.62 bits per heavy atom. The van der Waals surface area contributed by atoms with Crippen molar-refractivity contribution in [1.82, 2.24) is 14.7 Å². The van der Waals surface area contributed by atoms with Gasteiger partial charge in [0.25, 0.3) is 5.91 Å².